The molecule has 1 unspecified atom stereocenters. The van der Waals surface area contributed by atoms with E-state index in [1.54, 1.807) is 4.90 Å². The number of carbonyl (C=O) groups is 2. The maximum Gasteiger partial charge on any atom is 0.242 e. The Bertz CT molecular complexity index is 784. The smallest absolute Gasteiger partial charge is 0.242 e. The van der Waals surface area contributed by atoms with Crippen LogP contribution in [0, 0.1) is 6.92 Å². The Labute approximate surface area is 166 Å². The summed E-state index contributed by atoms with van der Waals surface area (Å²) in [5.41, 5.74) is 9.13. The molecule has 0 radical (unpaired) electrons. The zero-order valence-corrected chi connectivity index (χ0v) is 16.3. The lowest BCUT2D eigenvalue weighted by Crippen LogP contribution is -2.51. The van der Waals surface area contributed by atoms with Gasteiger partial charge < -0.3 is 16.0 Å². The first kappa shape index (κ1) is 20.0. The first-order valence-corrected chi connectivity index (χ1v) is 9.67. The van der Waals surface area contributed by atoms with E-state index in [-0.39, 0.29) is 18.4 Å². The molecule has 2 amide bonds. The molecule has 1 saturated heterocycles. The Morgan fingerprint density at radius 1 is 1.00 bits per heavy atom. The van der Waals surface area contributed by atoms with Crippen LogP contribution in [0.25, 0.3) is 0 Å². The molecule has 148 valence electrons. The van der Waals surface area contributed by atoms with Crippen molar-refractivity contribution in [1.29, 1.82) is 0 Å². The summed E-state index contributed by atoms with van der Waals surface area (Å²) in [4.78, 5) is 28.8. The summed E-state index contributed by atoms with van der Waals surface area (Å²) in [6.45, 7) is 5.86. The molecule has 1 fully saturated rings. The fourth-order valence-corrected chi connectivity index (χ4v) is 3.31. The second-order valence-electron chi connectivity index (χ2n) is 7.25. The Hall–Kier alpha value is -2.70. The largest absolute Gasteiger partial charge is 0.345 e. The van der Waals surface area contributed by atoms with E-state index in [0.717, 1.165) is 30.8 Å². The molecule has 0 aliphatic carbocycles. The van der Waals surface area contributed by atoms with Gasteiger partial charge in [-0.3, -0.25) is 14.5 Å². The van der Waals surface area contributed by atoms with Crippen molar-refractivity contribution in [3.8, 4) is 0 Å². The molecule has 1 heterocycles. The fraction of sp³-hybridized carbons (Fsp3) is 0.364. The minimum atomic E-state index is -0.767. The molecule has 6 nitrogen and oxygen atoms in total. The van der Waals surface area contributed by atoms with Crippen LogP contribution in [-0.2, 0) is 16.1 Å². The molecule has 1 aliphatic heterocycles. The molecule has 6 heteroatoms. The van der Waals surface area contributed by atoms with Crippen LogP contribution < -0.4 is 11.1 Å². The van der Waals surface area contributed by atoms with Crippen LogP contribution in [0.15, 0.2) is 54.6 Å². The van der Waals surface area contributed by atoms with Gasteiger partial charge in [-0.15, -0.1) is 0 Å². The SMILES string of the molecule is Cc1ccc(C(N)C(=O)NCC(=O)N2CCN(Cc3ccccc3)CC2)cc1. The van der Waals surface area contributed by atoms with E-state index >= 15 is 0 Å². The van der Waals surface area contributed by atoms with Crippen LogP contribution in [0.5, 0.6) is 0 Å². The molecule has 1 atom stereocenters. The van der Waals surface area contributed by atoms with Crippen LogP contribution in [0.3, 0.4) is 0 Å². The Kier molecular flexibility index (Phi) is 6.79. The number of rotatable bonds is 6. The highest BCUT2D eigenvalue weighted by molar-refractivity contribution is 5.88. The van der Waals surface area contributed by atoms with E-state index in [4.69, 9.17) is 5.73 Å². The van der Waals surface area contributed by atoms with E-state index in [2.05, 4.69) is 22.3 Å². The third-order valence-corrected chi connectivity index (χ3v) is 5.11. The Morgan fingerprint density at radius 2 is 1.64 bits per heavy atom. The van der Waals surface area contributed by atoms with Crippen molar-refractivity contribution in [2.24, 2.45) is 5.73 Å². The first-order chi connectivity index (χ1) is 13.5. The number of hydrogen-bond acceptors (Lipinski definition) is 4. The highest BCUT2D eigenvalue weighted by Crippen LogP contribution is 2.12. The third kappa shape index (κ3) is 5.41. The molecule has 3 rings (SSSR count). The summed E-state index contributed by atoms with van der Waals surface area (Å²) in [5, 5.41) is 2.67. The molecular formula is C22H28N4O2. The van der Waals surface area contributed by atoms with E-state index in [9.17, 15) is 9.59 Å². The fourth-order valence-electron chi connectivity index (χ4n) is 3.31. The van der Waals surface area contributed by atoms with Crippen molar-refractivity contribution in [1.82, 2.24) is 15.1 Å². The van der Waals surface area contributed by atoms with Gasteiger partial charge in [-0.1, -0.05) is 60.2 Å². The highest BCUT2D eigenvalue weighted by atomic mass is 16.2. The number of benzene rings is 2. The predicted molar refractivity (Wildman–Crippen MR) is 109 cm³/mol. The molecule has 1 aliphatic rings. The number of hydrogen-bond donors (Lipinski definition) is 2. The lowest BCUT2D eigenvalue weighted by atomic mass is 10.1. The lowest BCUT2D eigenvalue weighted by molar-refractivity contribution is -0.134. The number of piperazine rings is 1. The van der Waals surface area contributed by atoms with Crippen molar-refractivity contribution in [3.63, 3.8) is 0 Å². The van der Waals surface area contributed by atoms with Crippen LogP contribution >= 0.6 is 0 Å². The van der Waals surface area contributed by atoms with Gasteiger partial charge in [-0.25, -0.2) is 0 Å². The van der Waals surface area contributed by atoms with Gasteiger partial charge in [0, 0.05) is 32.7 Å². The summed E-state index contributed by atoms with van der Waals surface area (Å²) in [5.74, 6) is -0.399. The van der Waals surface area contributed by atoms with Crippen LogP contribution in [0.4, 0.5) is 0 Å². The van der Waals surface area contributed by atoms with Gasteiger partial charge in [-0.05, 0) is 18.1 Å². The van der Waals surface area contributed by atoms with Gasteiger partial charge in [0.2, 0.25) is 11.8 Å². The van der Waals surface area contributed by atoms with Crippen LogP contribution in [0.1, 0.15) is 22.7 Å². The number of nitrogens with two attached hydrogens (primary N) is 1. The first-order valence-electron chi connectivity index (χ1n) is 9.67. The number of amides is 2. The maximum atomic E-state index is 12.4. The minimum Gasteiger partial charge on any atom is -0.345 e. The summed E-state index contributed by atoms with van der Waals surface area (Å²) >= 11 is 0. The topological polar surface area (TPSA) is 78.7 Å². The quantitative estimate of drug-likeness (QED) is 0.795. The molecule has 28 heavy (non-hydrogen) atoms. The Morgan fingerprint density at radius 3 is 2.29 bits per heavy atom. The second kappa shape index (κ2) is 9.48. The van der Waals surface area contributed by atoms with Gasteiger partial charge in [0.25, 0.3) is 0 Å². The standard InChI is InChI=1S/C22H28N4O2/c1-17-7-9-19(10-8-17)21(23)22(28)24-15-20(27)26-13-11-25(12-14-26)16-18-5-3-2-4-6-18/h2-10,21H,11-16,23H2,1H3,(H,24,28). The summed E-state index contributed by atoms with van der Waals surface area (Å²) in [6.07, 6.45) is 0. The molecule has 0 spiro atoms. The van der Waals surface area contributed by atoms with Crippen molar-refractivity contribution in [2.75, 3.05) is 32.7 Å². The second-order valence-corrected chi connectivity index (χ2v) is 7.25. The third-order valence-electron chi connectivity index (χ3n) is 5.11. The number of nitrogens with one attached hydrogen (secondary N) is 1. The van der Waals surface area contributed by atoms with E-state index in [1.807, 2.05) is 49.4 Å². The zero-order chi connectivity index (χ0) is 19.9. The average molecular weight is 380 g/mol. The summed E-state index contributed by atoms with van der Waals surface area (Å²) in [7, 11) is 0. The summed E-state index contributed by atoms with van der Waals surface area (Å²) < 4.78 is 0. The molecule has 0 aromatic heterocycles. The van der Waals surface area contributed by atoms with Gasteiger partial charge >= 0.3 is 0 Å². The number of nitrogens with zero attached hydrogens (tertiary/aromatic N) is 2. The van der Waals surface area contributed by atoms with Crippen molar-refractivity contribution >= 4 is 11.8 Å². The monoisotopic (exact) mass is 380 g/mol. The maximum absolute atomic E-state index is 12.4. The van der Waals surface area contributed by atoms with Crippen molar-refractivity contribution in [3.05, 3.63) is 71.3 Å². The predicted octanol–water partition coefficient (Wildman–Crippen LogP) is 1.46. The molecule has 0 saturated carbocycles. The molecule has 2 aromatic rings. The van der Waals surface area contributed by atoms with E-state index < -0.39 is 6.04 Å². The molecule has 3 N–H and O–H groups in total. The summed E-state index contributed by atoms with van der Waals surface area (Å²) in [6, 6.07) is 17.1. The number of carbonyl (C=O) groups excluding carboxylic acids is 2. The van der Waals surface area contributed by atoms with Gasteiger partial charge in [0.05, 0.1) is 6.54 Å². The zero-order valence-electron chi connectivity index (χ0n) is 16.3. The van der Waals surface area contributed by atoms with Crippen molar-refractivity contribution in [2.45, 2.75) is 19.5 Å². The van der Waals surface area contributed by atoms with Crippen molar-refractivity contribution < 1.29 is 9.59 Å². The minimum absolute atomic E-state index is 0.0168. The van der Waals surface area contributed by atoms with Crippen LogP contribution in [-0.4, -0.2) is 54.3 Å². The van der Waals surface area contributed by atoms with Gasteiger partial charge in [0.1, 0.15) is 6.04 Å². The molecule has 0 bridgehead atoms. The Balaban J connectivity index is 1.41. The highest BCUT2D eigenvalue weighted by Gasteiger charge is 2.22. The van der Waals surface area contributed by atoms with Crippen LogP contribution in [0.2, 0.25) is 0 Å². The van der Waals surface area contributed by atoms with E-state index in [0.29, 0.717) is 13.1 Å². The molecular weight excluding hydrogens is 352 g/mol. The number of aryl methyl sites for hydroxylation is 1. The van der Waals surface area contributed by atoms with E-state index in [1.165, 1.54) is 5.56 Å². The average Bonchev–Trinajstić information content (AvgIpc) is 2.73. The van der Waals surface area contributed by atoms with Gasteiger partial charge in [-0.2, -0.15) is 0 Å². The van der Waals surface area contributed by atoms with Gasteiger partial charge in [0.15, 0.2) is 0 Å². The normalized spacial score (nSPS) is 15.9. The lowest BCUT2D eigenvalue weighted by Gasteiger charge is -2.34. The molecule has 2 aromatic carbocycles.